The fourth-order valence-electron chi connectivity index (χ4n) is 1.66. The molecule has 118 valence electrons. The van der Waals surface area contributed by atoms with E-state index in [1.54, 1.807) is 0 Å². The number of rotatable bonds is 6. The van der Waals surface area contributed by atoms with Gasteiger partial charge in [-0.1, -0.05) is 25.4 Å². The molecule has 1 aromatic rings. The predicted octanol–water partition coefficient (Wildman–Crippen LogP) is 2.67. The number of nitrogens with one attached hydrogen (secondary N) is 1. The highest BCUT2D eigenvalue weighted by atomic mass is 35.7. The first-order valence-electron chi connectivity index (χ1n) is 6.20. The van der Waals surface area contributed by atoms with Gasteiger partial charge in [-0.3, -0.25) is 4.79 Å². The molecule has 5 nitrogen and oxygen atoms in total. The summed E-state index contributed by atoms with van der Waals surface area (Å²) < 4.78 is 27.7. The number of ether oxygens (including phenoxy) is 1. The minimum atomic E-state index is -3.92. The van der Waals surface area contributed by atoms with Crippen LogP contribution >= 0.6 is 22.3 Å². The molecular formula is C13H17Cl2NO4S. The first-order valence-corrected chi connectivity index (χ1v) is 8.89. The van der Waals surface area contributed by atoms with Crippen LogP contribution in [-0.4, -0.2) is 34.1 Å². The van der Waals surface area contributed by atoms with Crippen LogP contribution < -0.4 is 5.32 Å². The fraction of sp³-hybridized carbons (Fsp3) is 0.462. The van der Waals surface area contributed by atoms with E-state index in [9.17, 15) is 13.2 Å². The van der Waals surface area contributed by atoms with Crippen molar-refractivity contribution in [2.24, 2.45) is 5.92 Å². The number of benzene rings is 1. The number of methoxy groups -OCH3 is 1. The van der Waals surface area contributed by atoms with Gasteiger partial charge in [0.25, 0.3) is 15.0 Å². The zero-order valence-corrected chi connectivity index (χ0v) is 14.2. The van der Waals surface area contributed by atoms with E-state index in [-0.39, 0.29) is 27.4 Å². The van der Waals surface area contributed by atoms with Crippen molar-refractivity contribution in [3.8, 4) is 0 Å². The van der Waals surface area contributed by atoms with Crippen LogP contribution in [0.5, 0.6) is 0 Å². The summed E-state index contributed by atoms with van der Waals surface area (Å²) in [6.45, 7) is 4.21. The molecule has 0 spiro atoms. The summed E-state index contributed by atoms with van der Waals surface area (Å²) in [5.74, 6) is -0.328. The van der Waals surface area contributed by atoms with Gasteiger partial charge in [0.2, 0.25) is 0 Å². The maximum Gasteiger partial charge on any atom is 0.261 e. The Bertz CT molecular complexity index is 617. The number of carbonyl (C=O) groups is 1. The second-order valence-corrected chi connectivity index (χ2v) is 7.83. The van der Waals surface area contributed by atoms with Crippen molar-refractivity contribution in [1.29, 1.82) is 0 Å². The summed E-state index contributed by atoms with van der Waals surface area (Å²) in [7, 11) is 2.89. The largest absolute Gasteiger partial charge is 0.383 e. The summed E-state index contributed by atoms with van der Waals surface area (Å²) in [5, 5.41) is 2.92. The first kappa shape index (κ1) is 18.2. The van der Waals surface area contributed by atoms with Gasteiger partial charge in [0.05, 0.1) is 28.1 Å². The van der Waals surface area contributed by atoms with Crippen molar-refractivity contribution < 1.29 is 17.9 Å². The molecule has 1 N–H and O–H groups in total. The van der Waals surface area contributed by atoms with E-state index in [0.29, 0.717) is 6.61 Å². The zero-order chi connectivity index (χ0) is 16.2. The van der Waals surface area contributed by atoms with Crippen molar-refractivity contribution in [1.82, 2.24) is 5.32 Å². The van der Waals surface area contributed by atoms with Crippen LogP contribution in [0.4, 0.5) is 0 Å². The van der Waals surface area contributed by atoms with E-state index < -0.39 is 15.0 Å². The molecular weight excluding hydrogens is 337 g/mol. The number of hydrogen-bond donors (Lipinski definition) is 1. The molecule has 8 heteroatoms. The van der Waals surface area contributed by atoms with E-state index in [0.717, 1.165) is 6.07 Å². The Hall–Kier alpha value is -0.820. The fourth-order valence-corrected chi connectivity index (χ4v) is 2.64. The lowest BCUT2D eigenvalue weighted by atomic mass is 10.0. The van der Waals surface area contributed by atoms with Crippen molar-refractivity contribution >= 4 is 37.2 Å². The van der Waals surface area contributed by atoms with Crippen molar-refractivity contribution in [2.75, 3.05) is 13.7 Å². The Morgan fingerprint density at radius 3 is 2.48 bits per heavy atom. The number of carbonyl (C=O) groups excluding carboxylic acids is 1. The number of amides is 1. The Morgan fingerprint density at radius 1 is 1.38 bits per heavy atom. The lowest BCUT2D eigenvalue weighted by molar-refractivity contribution is 0.0866. The topological polar surface area (TPSA) is 72.5 Å². The van der Waals surface area contributed by atoms with Crippen LogP contribution in [0.3, 0.4) is 0 Å². The molecule has 1 atom stereocenters. The second kappa shape index (κ2) is 7.45. The molecule has 0 aliphatic carbocycles. The van der Waals surface area contributed by atoms with Crippen molar-refractivity contribution in [3.05, 3.63) is 28.8 Å². The summed E-state index contributed by atoms with van der Waals surface area (Å²) in [5.41, 5.74) is 0.0557. The molecule has 1 rings (SSSR count). The Morgan fingerprint density at radius 2 is 2.00 bits per heavy atom. The Labute approximate surface area is 134 Å². The SMILES string of the molecule is COCC(NC(=O)c1cc(S(=O)(=O)Cl)ccc1Cl)C(C)C. The van der Waals surface area contributed by atoms with Gasteiger partial charge < -0.3 is 10.1 Å². The maximum absolute atomic E-state index is 12.2. The number of halogens is 2. The highest BCUT2D eigenvalue weighted by Crippen LogP contribution is 2.23. The molecule has 0 radical (unpaired) electrons. The third-order valence-corrected chi connectivity index (χ3v) is 4.61. The molecule has 1 amide bonds. The third-order valence-electron chi connectivity index (χ3n) is 2.93. The molecule has 0 saturated carbocycles. The molecule has 0 aliphatic rings. The number of hydrogen-bond acceptors (Lipinski definition) is 4. The highest BCUT2D eigenvalue weighted by molar-refractivity contribution is 8.13. The molecule has 1 aromatic carbocycles. The molecule has 0 fully saturated rings. The van der Waals surface area contributed by atoms with Crippen molar-refractivity contribution in [3.63, 3.8) is 0 Å². The molecule has 0 saturated heterocycles. The van der Waals surface area contributed by atoms with Crippen LogP contribution in [0.1, 0.15) is 24.2 Å². The molecule has 0 heterocycles. The average molecular weight is 354 g/mol. The normalized spacial score (nSPS) is 13.2. The summed E-state index contributed by atoms with van der Waals surface area (Å²) in [6, 6.07) is 3.52. The molecule has 21 heavy (non-hydrogen) atoms. The van der Waals surface area contributed by atoms with Gasteiger partial charge in [0.15, 0.2) is 0 Å². The van der Waals surface area contributed by atoms with Crippen LogP contribution in [0.25, 0.3) is 0 Å². The van der Waals surface area contributed by atoms with Gasteiger partial charge in [-0.15, -0.1) is 0 Å². The van der Waals surface area contributed by atoms with Crippen LogP contribution in [0.2, 0.25) is 5.02 Å². The van der Waals surface area contributed by atoms with E-state index in [4.69, 9.17) is 27.0 Å². The molecule has 0 aromatic heterocycles. The molecule has 0 bridgehead atoms. The predicted molar refractivity (Wildman–Crippen MR) is 82.5 cm³/mol. The Kier molecular flexibility index (Phi) is 6.46. The van der Waals surface area contributed by atoms with Gasteiger partial charge in [-0.25, -0.2) is 8.42 Å². The zero-order valence-electron chi connectivity index (χ0n) is 11.9. The van der Waals surface area contributed by atoms with Gasteiger partial charge in [0.1, 0.15) is 0 Å². The molecule has 1 unspecified atom stereocenters. The lowest BCUT2D eigenvalue weighted by Gasteiger charge is -2.21. The van der Waals surface area contributed by atoms with Crippen LogP contribution in [-0.2, 0) is 13.8 Å². The summed E-state index contributed by atoms with van der Waals surface area (Å²) >= 11 is 5.95. The maximum atomic E-state index is 12.2. The minimum absolute atomic E-state index is 0.0557. The average Bonchev–Trinajstić information content (AvgIpc) is 2.36. The van der Waals surface area contributed by atoms with Gasteiger partial charge >= 0.3 is 0 Å². The van der Waals surface area contributed by atoms with E-state index in [2.05, 4.69) is 5.32 Å². The summed E-state index contributed by atoms with van der Waals surface area (Å²) in [6.07, 6.45) is 0. The molecule has 0 aliphatic heterocycles. The standard InChI is InChI=1S/C13H17Cl2NO4S/c1-8(2)12(7-20-3)16-13(17)10-6-9(21(15,18)19)4-5-11(10)14/h4-6,8,12H,7H2,1-3H3,(H,16,17). The quantitative estimate of drug-likeness (QED) is 0.798. The lowest BCUT2D eigenvalue weighted by Crippen LogP contribution is -2.41. The second-order valence-electron chi connectivity index (χ2n) is 4.86. The van der Waals surface area contributed by atoms with Gasteiger partial charge in [-0.2, -0.15) is 0 Å². The summed E-state index contributed by atoms with van der Waals surface area (Å²) in [4.78, 5) is 12.1. The minimum Gasteiger partial charge on any atom is -0.383 e. The third kappa shape index (κ3) is 5.14. The van der Waals surface area contributed by atoms with E-state index >= 15 is 0 Å². The van der Waals surface area contributed by atoms with E-state index in [1.807, 2.05) is 13.8 Å². The first-order chi connectivity index (χ1) is 9.66. The monoisotopic (exact) mass is 353 g/mol. The van der Waals surface area contributed by atoms with Crippen LogP contribution in [0.15, 0.2) is 23.1 Å². The Balaban J connectivity index is 3.07. The highest BCUT2D eigenvalue weighted by Gasteiger charge is 2.21. The van der Waals surface area contributed by atoms with Crippen LogP contribution in [0, 0.1) is 5.92 Å². The van der Waals surface area contributed by atoms with Gasteiger partial charge in [-0.05, 0) is 24.1 Å². The van der Waals surface area contributed by atoms with Gasteiger partial charge in [0, 0.05) is 17.8 Å². The smallest absolute Gasteiger partial charge is 0.261 e. The van der Waals surface area contributed by atoms with Crippen molar-refractivity contribution in [2.45, 2.75) is 24.8 Å². The van der Waals surface area contributed by atoms with E-state index in [1.165, 1.54) is 19.2 Å².